The van der Waals surface area contributed by atoms with Crippen molar-refractivity contribution >= 4 is 28.6 Å². The number of hydrogen-bond donors (Lipinski definition) is 0. The summed E-state index contributed by atoms with van der Waals surface area (Å²) in [5.41, 5.74) is 1.96. The number of aromatic nitrogens is 2. The Hall–Kier alpha value is -2.73. The quantitative estimate of drug-likeness (QED) is 0.709. The van der Waals surface area contributed by atoms with Crippen LogP contribution < -0.4 is 14.7 Å². The zero-order valence-electron chi connectivity index (χ0n) is 12.2. The molecule has 7 heteroatoms. The average molecular weight is 332 g/mol. The molecule has 0 N–H and O–H groups in total. The van der Waals surface area contributed by atoms with Gasteiger partial charge in [-0.1, -0.05) is 11.6 Å². The van der Waals surface area contributed by atoms with E-state index in [1.807, 2.05) is 0 Å². The molecule has 0 unspecified atom stereocenters. The summed E-state index contributed by atoms with van der Waals surface area (Å²) < 4.78 is 6.47. The Labute approximate surface area is 136 Å². The highest BCUT2D eigenvalue weighted by molar-refractivity contribution is 6.31. The molecule has 3 rings (SSSR count). The lowest BCUT2D eigenvalue weighted by atomic mass is 10.2. The molecule has 2 aromatic carbocycles. The van der Waals surface area contributed by atoms with Gasteiger partial charge in [0.15, 0.2) is 12.4 Å². The SMILES string of the molecule is COc1ccc(-c2nc3ccc(Cl)cc3n2OCC(=O)[O-])cc1. The van der Waals surface area contributed by atoms with Crippen molar-refractivity contribution in [3.63, 3.8) is 0 Å². The minimum atomic E-state index is -1.32. The van der Waals surface area contributed by atoms with Crippen molar-refractivity contribution in [2.24, 2.45) is 0 Å². The lowest BCUT2D eigenvalue weighted by Gasteiger charge is -2.11. The topological polar surface area (TPSA) is 76.4 Å². The van der Waals surface area contributed by atoms with Crippen LogP contribution in [0.15, 0.2) is 42.5 Å². The number of rotatable bonds is 5. The molecule has 0 aliphatic heterocycles. The molecule has 0 saturated heterocycles. The summed E-state index contributed by atoms with van der Waals surface area (Å²) in [7, 11) is 1.58. The number of nitrogens with zero attached hydrogens (tertiary/aromatic N) is 2. The number of carbonyl (C=O) groups excluding carboxylic acids is 1. The van der Waals surface area contributed by atoms with Gasteiger partial charge >= 0.3 is 0 Å². The highest BCUT2D eigenvalue weighted by atomic mass is 35.5. The Morgan fingerprint density at radius 2 is 2.00 bits per heavy atom. The molecule has 0 saturated carbocycles. The van der Waals surface area contributed by atoms with Gasteiger partial charge in [0.1, 0.15) is 11.3 Å². The van der Waals surface area contributed by atoms with E-state index in [9.17, 15) is 9.90 Å². The van der Waals surface area contributed by atoms with E-state index in [0.717, 1.165) is 5.56 Å². The third-order valence-corrected chi connectivity index (χ3v) is 3.47. The van der Waals surface area contributed by atoms with Gasteiger partial charge in [-0.2, -0.15) is 4.73 Å². The maximum absolute atomic E-state index is 10.7. The molecule has 3 aromatic rings. The first kappa shape index (κ1) is 15.2. The van der Waals surface area contributed by atoms with Gasteiger partial charge in [0.2, 0.25) is 0 Å². The van der Waals surface area contributed by atoms with Gasteiger partial charge in [0.25, 0.3) is 0 Å². The summed E-state index contributed by atoms with van der Waals surface area (Å²) in [5.74, 6) is -0.157. The minimum Gasteiger partial charge on any atom is -0.546 e. The maximum atomic E-state index is 10.7. The number of carboxylic acids is 1. The van der Waals surface area contributed by atoms with Gasteiger partial charge < -0.3 is 19.5 Å². The molecule has 1 heterocycles. The van der Waals surface area contributed by atoms with E-state index in [1.165, 1.54) is 4.73 Å². The fraction of sp³-hybridized carbons (Fsp3) is 0.125. The lowest BCUT2D eigenvalue weighted by molar-refractivity contribution is -0.309. The molecule has 0 atom stereocenters. The largest absolute Gasteiger partial charge is 0.546 e. The van der Waals surface area contributed by atoms with Crippen LogP contribution in [0, 0.1) is 0 Å². The smallest absolute Gasteiger partial charge is 0.176 e. The van der Waals surface area contributed by atoms with Crippen LogP contribution in [0.5, 0.6) is 5.75 Å². The van der Waals surface area contributed by atoms with E-state index in [0.29, 0.717) is 27.6 Å². The summed E-state index contributed by atoms with van der Waals surface area (Å²) in [6.45, 7) is -0.596. The van der Waals surface area contributed by atoms with Crippen LogP contribution >= 0.6 is 11.6 Å². The van der Waals surface area contributed by atoms with Crippen LogP contribution in [0.3, 0.4) is 0 Å². The monoisotopic (exact) mass is 331 g/mol. The second-order valence-corrected chi connectivity index (χ2v) is 5.17. The van der Waals surface area contributed by atoms with E-state index in [2.05, 4.69) is 4.98 Å². The van der Waals surface area contributed by atoms with Crippen molar-refractivity contribution < 1.29 is 19.5 Å². The molecule has 118 valence electrons. The molecule has 0 aliphatic carbocycles. The van der Waals surface area contributed by atoms with Crippen molar-refractivity contribution in [1.29, 1.82) is 0 Å². The van der Waals surface area contributed by atoms with E-state index < -0.39 is 12.6 Å². The Morgan fingerprint density at radius 1 is 1.26 bits per heavy atom. The number of carboxylic acid groups (broad SMARTS) is 1. The predicted molar refractivity (Wildman–Crippen MR) is 83.2 cm³/mol. The summed E-state index contributed by atoms with van der Waals surface area (Å²) in [5, 5.41) is 11.2. The second kappa shape index (κ2) is 6.18. The number of halogens is 1. The molecule has 0 aliphatic rings. The van der Waals surface area contributed by atoms with Gasteiger partial charge in [0.05, 0.1) is 18.6 Å². The van der Waals surface area contributed by atoms with Gasteiger partial charge in [-0.25, -0.2) is 4.98 Å². The van der Waals surface area contributed by atoms with E-state index in [-0.39, 0.29) is 0 Å². The van der Waals surface area contributed by atoms with Crippen molar-refractivity contribution in [1.82, 2.24) is 9.71 Å². The van der Waals surface area contributed by atoms with Crippen molar-refractivity contribution in [3.8, 4) is 17.1 Å². The lowest BCUT2D eigenvalue weighted by Crippen LogP contribution is -2.32. The molecular weight excluding hydrogens is 320 g/mol. The van der Waals surface area contributed by atoms with Gasteiger partial charge in [0, 0.05) is 10.6 Å². The molecule has 0 bridgehead atoms. The number of imidazole rings is 1. The zero-order valence-corrected chi connectivity index (χ0v) is 12.9. The molecule has 23 heavy (non-hydrogen) atoms. The number of aliphatic carboxylic acids is 1. The predicted octanol–water partition coefficient (Wildman–Crippen LogP) is 1.54. The number of fused-ring (bicyclic) bond motifs is 1. The molecule has 0 amide bonds. The summed E-state index contributed by atoms with van der Waals surface area (Å²) in [4.78, 5) is 20.5. The van der Waals surface area contributed by atoms with Crippen molar-refractivity contribution in [3.05, 3.63) is 47.5 Å². The zero-order chi connectivity index (χ0) is 16.4. The van der Waals surface area contributed by atoms with Gasteiger partial charge in [-0.05, 0) is 42.5 Å². The minimum absolute atomic E-state index is 0.464. The molecule has 0 fully saturated rings. The van der Waals surface area contributed by atoms with Crippen LogP contribution in [0.2, 0.25) is 5.02 Å². The second-order valence-electron chi connectivity index (χ2n) is 4.74. The summed E-state index contributed by atoms with van der Waals surface area (Å²) >= 11 is 6.01. The first-order valence-corrected chi connectivity index (χ1v) is 7.12. The molecule has 0 radical (unpaired) electrons. The Morgan fingerprint density at radius 3 is 2.65 bits per heavy atom. The molecule has 1 aromatic heterocycles. The van der Waals surface area contributed by atoms with Gasteiger partial charge in [-0.15, -0.1) is 0 Å². The van der Waals surface area contributed by atoms with E-state index in [4.69, 9.17) is 21.2 Å². The standard InChI is InChI=1S/C16H13ClN2O4/c1-22-12-5-2-10(3-6-12)16-18-13-7-4-11(17)8-14(13)19(16)23-9-15(20)21/h2-8H,9H2,1H3,(H,20,21)/p-1. The van der Waals surface area contributed by atoms with Crippen LogP contribution in [0.25, 0.3) is 22.4 Å². The number of methoxy groups -OCH3 is 1. The Kier molecular flexibility index (Phi) is 4.08. The van der Waals surface area contributed by atoms with Crippen LogP contribution in [-0.4, -0.2) is 29.4 Å². The molecule has 0 spiro atoms. The van der Waals surface area contributed by atoms with Crippen molar-refractivity contribution in [2.75, 3.05) is 13.7 Å². The number of benzene rings is 2. The highest BCUT2D eigenvalue weighted by Crippen LogP contribution is 2.27. The maximum Gasteiger partial charge on any atom is 0.176 e. The average Bonchev–Trinajstić information content (AvgIpc) is 2.90. The molecular formula is C16H12ClN2O4-. The Bertz CT molecular complexity index is 858. The number of hydrogen-bond acceptors (Lipinski definition) is 5. The fourth-order valence-electron chi connectivity index (χ4n) is 2.20. The Balaban J connectivity index is 2.13. The van der Waals surface area contributed by atoms with Crippen LogP contribution in [0.4, 0.5) is 0 Å². The third-order valence-electron chi connectivity index (χ3n) is 3.23. The number of carbonyl (C=O) groups is 1. The molecule has 6 nitrogen and oxygen atoms in total. The summed E-state index contributed by atoms with van der Waals surface area (Å²) in [6.07, 6.45) is 0. The first-order valence-electron chi connectivity index (χ1n) is 6.74. The number of ether oxygens (including phenoxy) is 1. The van der Waals surface area contributed by atoms with E-state index >= 15 is 0 Å². The van der Waals surface area contributed by atoms with Crippen LogP contribution in [0.1, 0.15) is 0 Å². The fourth-order valence-corrected chi connectivity index (χ4v) is 2.36. The van der Waals surface area contributed by atoms with Gasteiger partial charge in [-0.3, -0.25) is 0 Å². The first-order chi connectivity index (χ1) is 11.1. The highest BCUT2D eigenvalue weighted by Gasteiger charge is 2.14. The van der Waals surface area contributed by atoms with E-state index in [1.54, 1.807) is 49.6 Å². The van der Waals surface area contributed by atoms with Crippen LogP contribution in [-0.2, 0) is 4.79 Å². The third kappa shape index (κ3) is 3.07. The normalized spacial score (nSPS) is 10.7. The van der Waals surface area contributed by atoms with Crippen molar-refractivity contribution in [2.45, 2.75) is 0 Å². The summed E-state index contributed by atoms with van der Waals surface area (Å²) in [6, 6.07) is 12.3.